The van der Waals surface area contributed by atoms with E-state index in [4.69, 9.17) is 10.5 Å². The summed E-state index contributed by atoms with van der Waals surface area (Å²) in [6.07, 6.45) is 4.22. The van der Waals surface area contributed by atoms with Gasteiger partial charge in [0, 0.05) is 37.5 Å². The monoisotopic (exact) mass is 437 g/mol. The van der Waals surface area contributed by atoms with Crippen LogP contribution in [-0.2, 0) is 16.1 Å². The zero-order chi connectivity index (χ0) is 22.7. The lowest BCUT2D eigenvalue weighted by molar-refractivity contribution is -0.119. The van der Waals surface area contributed by atoms with Gasteiger partial charge in [-0.2, -0.15) is 0 Å². The number of rotatable bonds is 7. The van der Waals surface area contributed by atoms with Gasteiger partial charge in [-0.25, -0.2) is 14.2 Å². The summed E-state index contributed by atoms with van der Waals surface area (Å²) in [5, 5.41) is 2.62. The topological polar surface area (TPSA) is 102 Å². The van der Waals surface area contributed by atoms with E-state index in [2.05, 4.69) is 10.3 Å². The summed E-state index contributed by atoms with van der Waals surface area (Å²) in [5.74, 6) is -0.653. The number of benzene rings is 2. The second-order valence-corrected chi connectivity index (χ2v) is 7.71. The molecule has 0 aliphatic carbocycles. The minimum absolute atomic E-state index is 0.205. The second-order valence-electron chi connectivity index (χ2n) is 7.71. The molecule has 166 valence electrons. The number of aromatic nitrogens is 2. The van der Waals surface area contributed by atoms with Crippen LogP contribution in [0, 0.1) is 5.82 Å². The van der Waals surface area contributed by atoms with Crippen molar-refractivity contribution in [2.24, 2.45) is 5.73 Å². The average molecular weight is 437 g/mol. The van der Waals surface area contributed by atoms with Crippen LogP contribution in [0.5, 0.6) is 0 Å². The summed E-state index contributed by atoms with van der Waals surface area (Å²) in [6, 6.07) is 11.8. The summed E-state index contributed by atoms with van der Waals surface area (Å²) < 4.78 is 22.1. The molecule has 32 heavy (non-hydrogen) atoms. The summed E-state index contributed by atoms with van der Waals surface area (Å²) in [5.41, 5.74) is 8.73. The van der Waals surface area contributed by atoms with Gasteiger partial charge in [-0.15, -0.1) is 0 Å². The molecule has 3 N–H and O–H groups in total. The molecule has 0 saturated carbocycles. The molecule has 3 aromatic rings. The van der Waals surface area contributed by atoms with Gasteiger partial charge in [0.1, 0.15) is 11.9 Å². The lowest BCUT2D eigenvalue weighted by Gasteiger charge is -2.15. The fraction of sp³-hybridized carbons (Fsp3) is 0.261. The van der Waals surface area contributed by atoms with Crippen LogP contribution >= 0.6 is 0 Å². The molecule has 1 saturated heterocycles. The predicted octanol–water partition coefficient (Wildman–Crippen LogP) is 2.85. The van der Waals surface area contributed by atoms with Crippen molar-refractivity contribution < 1.29 is 18.7 Å². The molecule has 1 aromatic heterocycles. The van der Waals surface area contributed by atoms with Crippen molar-refractivity contribution in [2.45, 2.75) is 25.6 Å². The highest BCUT2D eigenvalue weighted by Crippen LogP contribution is 2.30. The van der Waals surface area contributed by atoms with E-state index in [9.17, 15) is 14.0 Å². The number of hydrogen-bond donors (Lipinski definition) is 2. The zero-order valence-corrected chi connectivity index (χ0v) is 17.6. The van der Waals surface area contributed by atoms with Crippen LogP contribution in [0.25, 0.3) is 11.1 Å². The molecule has 2 aromatic carbocycles. The molecule has 1 aliphatic rings. The number of nitrogens with two attached hydrogens (primary N) is 1. The highest BCUT2D eigenvalue weighted by Gasteiger charge is 2.32. The van der Waals surface area contributed by atoms with Gasteiger partial charge in [0.25, 0.3) is 0 Å². The van der Waals surface area contributed by atoms with Crippen LogP contribution < -0.4 is 16.0 Å². The predicted molar refractivity (Wildman–Crippen MR) is 117 cm³/mol. The van der Waals surface area contributed by atoms with Crippen LogP contribution in [-0.4, -0.2) is 40.7 Å². The number of carbonyl (C=O) groups is 2. The van der Waals surface area contributed by atoms with E-state index in [1.807, 2.05) is 35.0 Å². The summed E-state index contributed by atoms with van der Waals surface area (Å²) in [4.78, 5) is 28.6. The number of ether oxygens (including phenoxy) is 1. The Balaban J connectivity index is 1.45. The van der Waals surface area contributed by atoms with Crippen LogP contribution in [0.1, 0.15) is 18.5 Å². The number of halogens is 1. The summed E-state index contributed by atoms with van der Waals surface area (Å²) in [7, 11) is 0. The Hall–Kier alpha value is -3.72. The van der Waals surface area contributed by atoms with Crippen molar-refractivity contribution >= 4 is 17.7 Å². The Morgan fingerprint density at radius 3 is 2.75 bits per heavy atom. The van der Waals surface area contributed by atoms with Crippen molar-refractivity contribution in [3.05, 3.63) is 72.6 Å². The van der Waals surface area contributed by atoms with E-state index >= 15 is 0 Å². The number of anilines is 1. The summed E-state index contributed by atoms with van der Waals surface area (Å²) >= 11 is 0. The number of hydrogen-bond acceptors (Lipinski definition) is 5. The van der Waals surface area contributed by atoms with E-state index in [1.54, 1.807) is 24.7 Å². The van der Waals surface area contributed by atoms with Gasteiger partial charge in [-0.3, -0.25) is 9.69 Å². The zero-order valence-electron chi connectivity index (χ0n) is 17.6. The maximum atomic E-state index is 14.9. The first kappa shape index (κ1) is 21.5. The lowest BCUT2D eigenvalue weighted by Crippen LogP contribution is -2.33. The number of imidazole rings is 1. The van der Waals surface area contributed by atoms with Gasteiger partial charge in [-0.05, 0) is 29.3 Å². The number of carbonyl (C=O) groups excluding carboxylic acids is 2. The average Bonchev–Trinajstić information content (AvgIpc) is 3.41. The Labute approximate surface area is 184 Å². The summed E-state index contributed by atoms with van der Waals surface area (Å²) in [6.45, 7) is 2.44. The first-order valence-electron chi connectivity index (χ1n) is 10.2. The molecule has 1 aliphatic heterocycles. The minimum Gasteiger partial charge on any atom is -0.442 e. The standard InChI is InChI=1S/C23H24FN5O3/c1-15(30)27-11-19-12-29(23(31)32-19)18-6-7-20(21(24)10-18)16-2-4-17(5-3-16)22(25)13-28-9-8-26-14-28/h2-10,14,19,22H,11-13,25H2,1H3,(H,27,30)/t19-,22?/m0/s1. The largest absolute Gasteiger partial charge is 0.442 e. The number of amides is 2. The molecule has 8 nitrogen and oxygen atoms in total. The lowest BCUT2D eigenvalue weighted by atomic mass is 10.00. The van der Waals surface area contributed by atoms with Crippen molar-refractivity contribution in [1.29, 1.82) is 0 Å². The first-order chi connectivity index (χ1) is 15.4. The molecular formula is C23H24FN5O3. The molecule has 0 spiro atoms. The molecule has 0 bridgehead atoms. The Morgan fingerprint density at radius 2 is 2.09 bits per heavy atom. The number of cyclic esters (lactones) is 1. The minimum atomic E-state index is -0.566. The third kappa shape index (κ3) is 4.78. The maximum Gasteiger partial charge on any atom is 0.414 e. The molecule has 2 heterocycles. The van der Waals surface area contributed by atoms with Gasteiger partial charge in [-0.1, -0.05) is 24.3 Å². The van der Waals surface area contributed by atoms with Crippen LogP contribution in [0.4, 0.5) is 14.9 Å². The smallest absolute Gasteiger partial charge is 0.414 e. The van der Waals surface area contributed by atoms with E-state index in [1.165, 1.54) is 17.9 Å². The van der Waals surface area contributed by atoms with Crippen molar-refractivity contribution in [2.75, 3.05) is 18.0 Å². The van der Waals surface area contributed by atoms with E-state index < -0.39 is 18.0 Å². The van der Waals surface area contributed by atoms with E-state index in [0.717, 1.165) is 5.56 Å². The Morgan fingerprint density at radius 1 is 1.31 bits per heavy atom. The third-order valence-corrected chi connectivity index (χ3v) is 5.33. The molecule has 0 radical (unpaired) electrons. The normalized spacial score (nSPS) is 16.7. The Kier molecular flexibility index (Phi) is 6.18. The van der Waals surface area contributed by atoms with Crippen molar-refractivity contribution in [3.63, 3.8) is 0 Å². The molecule has 2 amide bonds. The SMILES string of the molecule is CC(=O)NC[C@H]1CN(c2ccc(-c3ccc(C(N)Cn4ccnc4)cc3)c(F)c2)C(=O)O1. The van der Waals surface area contributed by atoms with Gasteiger partial charge < -0.3 is 20.4 Å². The highest BCUT2D eigenvalue weighted by atomic mass is 19.1. The molecule has 1 unspecified atom stereocenters. The van der Waals surface area contributed by atoms with Crippen molar-refractivity contribution in [1.82, 2.24) is 14.9 Å². The van der Waals surface area contributed by atoms with Crippen molar-refractivity contribution in [3.8, 4) is 11.1 Å². The fourth-order valence-electron chi connectivity index (χ4n) is 3.64. The third-order valence-electron chi connectivity index (χ3n) is 5.33. The second kappa shape index (κ2) is 9.19. The fourth-order valence-corrected chi connectivity index (χ4v) is 3.64. The van der Waals surface area contributed by atoms with Crippen LogP contribution in [0.2, 0.25) is 0 Å². The molecule has 9 heteroatoms. The van der Waals surface area contributed by atoms with Crippen LogP contribution in [0.15, 0.2) is 61.2 Å². The van der Waals surface area contributed by atoms with Gasteiger partial charge in [0.2, 0.25) is 5.91 Å². The molecule has 4 rings (SSSR count). The quantitative estimate of drug-likeness (QED) is 0.592. The molecule has 2 atom stereocenters. The van der Waals surface area contributed by atoms with Gasteiger partial charge >= 0.3 is 6.09 Å². The van der Waals surface area contributed by atoms with Gasteiger partial charge in [0.05, 0.1) is 25.1 Å². The molecule has 1 fully saturated rings. The Bertz CT molecular complexity index is 1100. The molecular weight excluding hydrogens is 413 g/mol. The first-order valence-corrected chi connectivity index (χ1v) is 10.2. The van der Waals surface area contributed by atoms with Crippen LogP contribution in [0.3, 0.4) is 0 Å². The number of nitrogens with one attached hydrogen (secondary N) is 1. The maximum absolute atomic E-state index is 14.9. The van der Waals surface area contributed by atoms with Gasteiger partial charge in [0.15, 0.2) is 0 Å². The highest BCUT2D eigenvalue weighted by molar-refractivity contribution is 5.90. The van der Waals surface area contributed by atoms with E-state index in [0.29, 0.717) is 23.4 Å². The number of nitrogens with zero attached hydrogens (tertiary/aromatic N) is 3. The van der Waals surface area contributed by atoms with E-state index in [-0.39, 0.29) is 25.0 Å².